The lowest BCUT2D eigenvalue weighted by atomic mass is 10.1. The van der Waals surface area contributed by atoms with Gasteiger partial charge in [-0.2, -0.15) is 11.8 Å². The average Bonchev–Trinajstić information content (AvgIpc) is 3.31. The molecule has 2 heterocycles. The summed E-state index contributed by atoms with van der Waals surface area (Å²) in [6.45, 7) is 1.97. The van der Waals surface area contributed by atoms with Gasteiger partial charge in [-0.25, -0.2) is 0 Å². The van der Waals surface area contributed by atoms with Crippen molar-refractivity contribution in [2.75, 3.05) is 38.2 Å². The molecule has 29 heavy (non-hydrogen) atoms. The van der Waals surface area contributed by atoms with E-state index in [4.69, 9.17) is 0 Å². The molecule has 2 aromatic rings. The van der Waals surface area contributed by atoms with E-state index in [1.807, 2.05) is 29.8 Å². The SMILES string of the molecule is CSCC[C@H](NC(=O)c1ccccc1)C(=O)N1CCN(C(=O)c2cccs2)CC1. The fraction of sp³-hybridized carbons (Fsp3) is 0.381. The molecule has 1 aromatic carbocycles. The highest BCUT2D eigenvalue weighted by Crippen LogP contribution is 2.15. The Kier molecular flexibility index (Phi) is 7.71. The van der Waals surface area contributed by atoms with Gasteiger partial charge in [0.25, 0.3) is 11.8 Å². The van der Waals surface area contributed by atoms with Gasteiger partial charge < -0.3 is 15.1 Å². The van der Waals surface area contributed by atoms with E-state index in [0.29, 0.717) is 38.2 Å². The molecular formula is C21H25N3O3S2. The molecule has 154 valence electrons. The normalized spacial score (nSPS) is 15.1. The summed E-state index contributed by atoms with van der Waals surface area (Å²) in [5, 5.41) is 4.79. The van der Waals surface area contributed by atoms with Crippen LogP contribution in [0.1, 0.15) is 26.5 Å². The lowest BCUT2D eigenvalue weighted by molar-refractivity contribution is -0.134. The lowest BCUT2D eigenvalue weighted by Crippen LogP contribution is -2.56. The molecule has 0 spiro atoms. The van der Waals surface area contributed by atoms with Crippen molar-refractivity contribution >= 4 is 40.8 Å². The third-order valence-electron chi connectivity index (χ3n) is 4.86. The fourth-order valence-electron chi connectivity index (χ4n) is 3.23. The second-order valence-electron chi connectivity index (χ2n) is 6.77. The summed E-state index contributed by atoms with van der Waals surface area (Å²) in [7, 11) is 0. The number of nitrogens with zero attached hydrogens (tertiary/aromatic N) is 2. The predicted molar refractivity (Wildman–Crippen MR) is 117 cm³/mol. The van der Waals surface area contributed by atoms with Gasteiger partial charge in [-0.15, -0.1) is 11.3 Å². The van der Waals surface area contributed by atoms with Crippen LogP contribution in [0.15, 0.2) is 47.8 Å². The average molecular weight is 432 g/mol. The second-order valence-corrected chi connectivity index (χ2v) is 8.70. The van der Waals surface area contributed by atoms with E-state index in [9.17, 15) is 14.4 Å². The molecule has 1 N–H and O–H groups in total. The van der Waals surface area contributed by atoms with Crippen molar-refractivity contribution in [3.63, 3.8) is 0 Å². The van der Waals surface area contributed by atoms with E-state index in [1.165, 1.54) is 11.3 Å². The first-order chi connectivity index (χ1) is 14.1. The molecule has 6 nitrogen and oxygen atoms in total. The quantitative estimate of drug-likeness (QED) is 0.732. The van der Waals surface area contributed by atoms with Gasteiger partial charge in [-0.3, -0.25) is 14.4 Å². The fourth-order valence-corrected chi connectivity index (χ4v) is 4.39. The monoisotopic (exact) mass is 431 g/mol. The van der Waals surface area contributed by atoms with Crippen LogP contribution in [0.5, 0.6) is 0 Å². The Hall–Kier alpha value is -2.32. The molecule has 1 saturated heterocycles. The third-order valence-corrected chi connectivity index (χ3v) is 6.36. The largest absolute Gasteiger partial charge is 0.340 e. The highest BCUT2D eigenvalue weighted by molar-refractivity contribution is 7.98. The van der Waals surface area contributed by atoms with E-state index in [0.717, 1.165) is 10.6 Å². The number of hydrogen-bond acceptors (Lipinski definition) is 5. The van der Waals surface area contributed by atoms with Crippen LogP contribution >= 0.6 is 23.1 Å². The first kappa shape index (κ1) is 21.4. The topological polar surface area (TPSA) is 69.7 Å². The van der Waals surface area contributed by atoms with Crippen molar-refractivity contribution in [1.82, 2.24) is 15.1 Å². The molecule has 0 aliphatic carbocycles. The van der Waals surface area contributed by atoms with Crippen LogP contribution in [0.4, 0.5) is 0 Å². The van der Waals surface area contributed by atoms with Crippen molar-refractivity contribution in [3.8, 4) is 0 Å². The summed E-state index contributed by atoms with van der Waals surface area (Å²) in [6, 6.07) is 12.1. The molecule has 1 atom stereocenters. The number of nitrogens with one attached hydrogen (secondary N) is 1. The van der Waals surface area contributed by atoms with Crippen LogP contribution in [0.3, 0.4) is 0 Å². The van der Waals surface area contributed by atoms with E-state index in [2.05, 4.69) is 5.32 Å². The van der Waals surface area contributed by atoms with Gasteiger partial charge in [0.1, 0.15) is 6.04 Å². The van der Waals surface area contributed by atoms with E-state index in [1.54, 1.807) is 45.8 Å². The molecular weight excluding hydrogens is 406 g/mol. The summed E-state index contributed by atoms with van der Waals surface area (Å²) in [6.07, 6.45) is 2.56. The maximum Gasteiger partial charge on any atom is 0.264 e. The van der Waals surface area contributed by atoms with Gasteiger partial charge in [0.15, 0.2) is 0 Å². The first-order valence-electron chi connectivity index (χ1n) is 9.56. The number of hydrogen-bond donors (Lipinski definition) is 1. The minimum Gasteiger partial charge on any atom is -0.340 e. The van der Waals surface area contributed by atoms with Crippen molar-refractivity contribution < 1.29 is 14.4 Å². The lowest BCUT2D eigenvalue weighted by Gasteiger charge is -2.36. The van der Waals surface area contributed by atoms with Gasteiger partial charge >= 0.3 is 0 Å². The Morgan fingerprint density at radius 3 is 2.34 bits per heavy atom. The number of piperazine rings is 1. The molecule has 0 saturated carbocycles. The summed E-state index contributed by atoms with van der Waals surface area (Å²) in [5.41, 5.74) is 0.542. The number of carbonyl (C=O) groups is 3. The molecule has 1 aromatic heterocycles. The molecule has 1 aliphatic heterocycles. The Morgan fingerprint density at radius 1 is 1.03 bits per heavy atom. The van der Waals surface area contributed by atoms with E-state index >= 15 is 0 Å². The van der Waals surface area contributed by atoms with Crippen molar-refractivity contribution in [2.24, 2.45) is 0 Å². The number of carbonyl (C=O) groups excluding carboxylic acids is 3. The predicted octanol–water partition coefficient (Wildman–Crippen LogP) is 2.58. The zero-order chi connectivity index (χ0) is 20.6. The van der Waals surface area contributed by atoms with Gasteiger partial charge in [0.2, 0.25) is 5.91 Å². The number of amides is 3. The van der Waals surface area contributed by atoms with Crippen LogP contribution < -0.4 is 5.32 Å². The number of thioether (sulfide) groups is 1. The molecule has 3 rings (SSSR count). The molecule has 1 fully saturated rings. The molecule has 3 amide bonds. The van der Waals surface area contributed by atoms with Crippen LogP contribution in [0, 0.1) is 0 Å². The van der Waals surface area contributed by atoms with Gasteiger partial charge in [0.05, 0.1) is 4.88 Å². The number of rotatable bonds is 7. The zero-order valence-electron chi connectivity index (χ0n) is 16.4. The molecule has 0 bridgehead atoms. The zero-order valence-corrected chi connectivity index (χ0v) is 18.0. The smallest absolute Gasteiger partial charge is 0.264 e. The number of thiophene rings is 1. The van der Waals surface area contributed by atoms with Crippen molar-refractivity contribution in [1.29, 1.82) is 0 Å². The summed E-state index contributed by atoms with van der Waals surface area (Å²) in [4.78, 5) is 42.4. The summed E-state index contributed by atoms with van der Waals surface area (Å²) in [5.74, 6) is 0.481. The van der Waals surface area contributed by atoms with Crippen molar-refractivity contribution in [3.05, 3.63) is 58.3 Å². The highest BCUT2D eigenvalue weighted by Gasteiger charge is 2.30. The molecule has 1 aliphatic rings. The Bertz CT molecular complexity index is 819. The molecule has 8 heteroatoms. The third kappa shape index (κ3) is 5.61. The summed E-state index contributed by atoms with van der Waals surface area (Å²) < 4.78 is 0. The Balaban J connectivity index is 1.59. The number of benzene rings is 1. The Morgan fingerprint density at radius 2 is 1.72 bits per heavy atom. The first-order valence-corrected chi connectivity index (χ1v) is 11.8. The summed E-state index contributed by atoms with van der Waals surface area (Å²) >= 11 is 3.07. The van der Waals surface area contributed by atoms with E-state index in [-0.39, 0.29) is 17.7 Å². The second kappa shape index (κ2) is 10.5. The van der Waals surface area contributed by atoms with Gasteiger partial charge in [-0.05, 0) is 42.0 Å². The maximum absolute atomic E-state index is 13.1. The molecule has 0 unspecified atom stereocenters. The molecule has 0 radical (unpaired) electrons. The van der Waals surface area contributed by atoms with Crippen LogP contribution in [0.2, 0.25) is 0 Å². The van der Waals surface area contributed by atoms with E-state index < -0.39 is 6.04 Å². The van der Waals surface area contributed by atoms with Crippen molar-refractivity contribution in [2.45, 2.75) is 12.5 Å². The van der Waals surface area contributed by atoms with Gasteiger partial charge in [-0.1, -0.05) is 24.3 Å². The standard InChI is InChI=1S/C21H25N3O3S2/c1-28-15-9-17(22-19(25)16-6-3-2-4-7-16)20(26)23-10-12-24(13-11-23)21(27)18-8-5-14-29-18/h2-8,14,17H,9-13,15H2,1H3,(H,22,25)/t17-/m0/s1. The Labute approximate surface area is 179 Å². The maximum atomic E-state index is 13.1. The highest BCUT2D eigenvalue weighted by atomic mass is 32.2. The van der Waals surface area contributed by atoms with Crippen LogP contribution in [-0.2, 0) is 4.79 Å². The van der Waals surface area contributed by atoms with Crippen LogP contribution in [0.25, 0.3) is 0 Å². The van der Waals surface area contributed by atoms with Crippen LogP contribution in [-0.4, -0.2) is 71.8 Å². The minimum atomic E-state index is -0.560. The minimum absolute atomic E-state index is 0.0170. The van der Waals surface area contributed by atoms with Gasteiger partial charge in [0, 0.05) is 31.7 Å².